The molecule has 2 rings (SSSR count). The lowest BCUT2D eigenvalue weighted by Gasteiger charge is -2.15. The zero-order valence-corrected chi connectivity index (χ0v) is 14.0. The molecule has 0 aromatic heterocycles. The predicted octanol–water partition coefficient (Wildman–Crippen LogP) is 3.34. The van der Waals surface area contributed by atoms with Crippen LogP contribution in [0.1, 0.15) is 26.2 Å². The van der Waals surface area contributed by atoms with Crippen LogP contribution in [0.2, 0.25) is 0 Å². The van der Waals surface area contributed by atoms with E-state index in [2.05, 4.69) is 17.2 Å². The van der Waals surface area contributed by atoms with Gasteiger partial charge in [-0.05, 0) is 44.4 Å². The van der Waals surface area contributed by atoms with E-state index in [1.807, 2.05) is 0 Å². The van der Waals surface area contributed by atoms with Crippen LogP contribution in [0.25, 0.3) is 0 Å². The van der Waals surface area contributed by atoms with E-state index < -0.39 is 11.9 Å². The van der Waals surface area contributed by atoms with E-state index >= 15 is 0 Å². The normalized spacial score (nSPS) is 18.2. The molecule has 132 valence electrons. The minimum Gasteiger partial charge on any atom is -0.380 e. The molecule has 1 heterocycles. The lowest BCUT2D eigenvalue weighted by molar-refractivity contribution is -0.126. The van der Waals surface area contributed by atoms with Crippen molar-refractivity contribution >= 4 is 17.3 Å². The molecule has 1 aromatic rings. The Kier molecular flexibility index (Phi) is 7.21. The summed E-state index contributed by atoms with van der Waals surface area (Å²) in [4.78, 5) is 12.0. The fourth-order valence-electron chi connectivity index (χ4n) is 2.41. The number of carbonyl (C=O) groups is 1. The summed E-state index contributed by atoms with van der Waals surface area (Å²) in [6, 6.07) is 4.57. The Morgan fingerprint density at radius 1 is 1.58 bits per heavy atom. The van der Waals surface area contributed by atoms with Gasteiger partial charge in [-0.2, -0.15) is 0 Å². The van der Waals surface area contributed by atoms with Crippen molar-refractivity contribution in [3.63, 3.8) is 0 Å². The Hall–Kier alpha value is -1.92. The van der Waals surface area contributed by atoms with Gasteiger partial charge in [-0.15, -0.1) is 6.58 Å². The number of nitrogens with one attached hydrogen (secondary N) is 2. The van der Waals surface area contributed by atoms with E-state index in [0.717, 1.165) is 19.4 Å². The summed E-state index contributed by atoms with van der Waals surface area (Å²) in [7, 11) is 0. The Morgan fingerprint density at radius 2 is 2.42 bits per heavy atom. The average Bonchev–Trinajstić information content (AvgIpc) is 3.07. The van der Waals surface area contributed by atoms with Crippen molar-refractivity contribution < 1.29 is 18.7 Å². The molecule has 1 aromatic carbocycles. The Labute approximate surface area is 142 Å². The number of halogens is 1. The molecule has 1 amide bonds. The summed E-state index contributed by atoms with van der Waals surface area (Å²) < 4.78 is 25.0. The smallest absolute Gasteiger partial charge is 0.253 e. The van der Waals surface area contributed by atoms with Gasteiger partial charge in [-0.3, -0.25) is 4.79 Å². The average molecular weight is 336 g/mol. The van der Waals surface area contributed by atoms with Crippen LogP contribution >= 0.6 is 0 Å². The van der Waals surface area contributed by atoms with Crippen molar-refractivity contribution in [3.8, 4) is 0 Å². The molecule has 1 aliphatic heterocycles. The molecule has 2 N–H and O–H groups in total. The number of rotatable bonds is 9. The predicted molar refractivity (Wildman–Crippen MR) is 92.7 cm³/mol. The Bertz CT molecular complexity index is 559. The van der Waals surface area contributed by atoms with E-state index in [9.17, 15) is 9.18 Å². The van der Waals surface area contributed by atoms with E-state index in [1.54, 1.807) is 25.1 Å². The van der Waals surface area contributed by atoms with Crippen molar-refractivity contribution in [2.24, 2.45) is 0 Å². The second kappa shape index (κ2) is 9.39. The van der Waals surface area contributed by atoms with Crippen LogP contribution in [0.15, 0.2) is 30.9 Å². The summed E-state index contributed by atoms with van der Waals surface area (Å²) in [6.07, 6.45) is 3.97. The third-order valence-corrected chi connectivity index (χ3v) is 3.84. The van der Waals surface area contributed by atoms with Crippen LogP contribution in [0.5, 0.6) is 0 Å². The van der Waals surface area contributed by atoms with Gasteiger partial charge in [-0.1, -0.05) is 6.08 Å². The SMILES string of the molecule is C=CCCO[C@@H](C)C(=O)Nc1ccc(NC[C@@H]2CCCO2)c(F)c1. The van der Waals surface area contributed by atoms with Crippen LogP contribution in [0.3, 0.4) is 0 Å². The fraction of sp³-hybridized carbons (Fsp3) is 0.500. The molecule has 1 aliphatic rings. The number of ether oxygens (including phenoxy) is 2. The maximum atomic E-state index is 14.1. The quantitative estimate of drug-likeness (QED) is 0.536. The Balaban J connectivity index is 1.84. The standard InChI is InChI=1S/C18H25FN2O3/c1-3-4-9-23-13(2)18(22)21-14-7-8-17(16(19)11-14)20-12-15-6-5-10-24-15/h3,7-8,11,13,15,20H,1,4-6,9-10,12H2,2H3,(H,21,22)/t13-,15-/m0/s1. The maximum absolute atomic E-state index is 14.1. The van der Waals surface area contributed by atoms with Crippen LogP contribution in [0, 0.1) is 5.82 Å². The van der Waals surface area contributed by atoms with Crippen molar-refractivity contribution in [2.75, 3.05) is 30.4 Å². The molecule has 2 atom stereocenters. The Morgan fingerprint density at radius 3 is 3.08 bits per heavy atom. The number of hydrogen-bond donors (Lipinski definition) is 2. The summed E-state index contributed by atoms with van der Waals surface area (Å²) >= 11 is 0. The van der Waals surface area contributed by atoms with E-state index in [4.69, 9.17) is 9.47 Å². The van der Waals surface area contributed by atoms with Gasteiger partial charge in [0, 0.05) is 18.8 Å². The third-order valence-electron chi connectivity index (χ3n) is 3.84. The monoisotopic (exact) mass is 336 g/mol. The molecule has 5 nitrogen and oxygen atoms in total. The lowest BCUT2D eigenvalue weighted by Crippen LogP contribution is -2.28. The minimum absolute atomic E-state index is 0.136. The largest absolute Gasteiger partial charge is 0.380 e. The zero-order chi connectivity index (χ0) is 17.4. The third kappa shape index (κ3) is 5.62. The van der Waals surface area contributed by atoms with Gasteiger partial charge in [0.05, 0.1) is 18.4 Å². The highest BCUT2D eigenvalue weighted by molar-refractivity contribution is 5.94. The second-order valence-electron chi connectivity index (χ2n) is 5.79. The van der Waals surface area contributed by atoms with Crippen molar-refractivity contribution in [2.45, 2.75) is 38.4 Å². The van der Waals surface area contributed by atoms with Gasteiger partial charge < -0.3 is 20.1 Å². The number of amides is 1. The van der Waals surface area contributed by atoms with Gasteiger partial charge in [0.25, 0.3) is 5.91 Å². The first-order chi connectivity index (χ1) is 11.6. The van der Waals surface area contributed by atoms with E-state index in [-0.39, 0.29) is 12.0 Å². The van der Waals surface area contributed by atoms with Crippen LogP contribution in [-0.4, -0.2) is 37.9 Å². The molecule has 0 saturated carbocycles. The molecule has 0 bridgehead atoms. The van der Waals surface area contributed by atoms with Crippen LogP contribution in [-0.2, 0) is 14.3 Å². The second-order valence-corrected chi connectivity index (χ2v) is 5.79. The highest BCUT2D eigenvalue weighted by atomic mass is 19.1. The van der Waals surface area contributed by atoms with Gasteiger partial charge in [-0.25, -0.2) is 4.39 Å². The van der Waals surface area contributed by atoms with E-state index in [0.29, 0.717) is 30.9 Å². The van der Waals surface area contributed by atoms with Crippen LogP contribution in [0.4, 0.5) is 15.8 Å². The first kappa shape index (κ1) is 18.4. The minimum atomic E-state index is -0.606. The molecule has 0 aliphatic carbocycles. The topological polar surface area (TPSA) is 59.6 Å². The first-order valence-electron chi connectivity index (χ1n) is 8.28. The summed E-state index contributed by atoms with van der Waals surface area (Å²) in [6.45, 7) is 7.03. The molecule has 0 unspecified atom stereocenters. The fourth-order valence-corrected chi connectivity index (χ4v) is 2.41. The van der Waals surface area contributed by atoms with Gasteiger partial charge in [0.2, 0.25) is 0 Å². The van der Waals surface area contributed by atoms with Crippen molar-refractivity contribution in [1.82, 2.24) is 0 Å². The molecule has 0 radical (unpaired) electrons. The van der Waals surface area contributed by atoms with Crippen LogP contribution < -0.4 is 10.6 Å². The molecule has 0 spiro atoms. The first-order valence-corrected chi connectivity index (χ1v) is 8.28. The molecule has 1 saturated heterocycles. The van der Waals surface area contributed by atoms with Crippen molar-refractivity contribution in [1.29, 1.82) is 0 Å². The molecule has 1 fully saturated rings. The zero-order valence-electron chi connectivity index (χ0n) is 14.0. The number of anilines is 2. The number of carbonyl (C=O) groups excluding carboxylic acids is 1. The highest BCUT2D eigenvalue weighted by Crippen LogP contribution is 2.20. The summed E-state index contributed by atoms with van der Waals surface area (Å²) in [5, 5.41) is 5.70. The summed E-state index contributed by atoms with van der Waals surface area (Å²) in [5.74, 6) is -0.718. The van der Waals surface area contributed by atoms with E-state index in [1.165, 1.54) is 6.07 Å². The van der Waals surface area contributed by atoms with Gasteiger partial charge >= 0.3 is 0 Å². The van der Waals surface area contributed by atoms with Gasteiger partial charge in [0.15, 0.2) is 0 Å². The highest BCUT2D eigenvalue weighted by Gasteiger charge is 2.16. The molecule has 24 heavy (non-hydrogen) atoms. The molecule has 6 heteroatoms. The van der Waals surface area contributed by atoms with Gasteiger partial charge in [0.1, 0.15) is 11.9 Å². The lowest BCUT2D eigenvalue weighted by atomic mass is 10.2. The maximum Gasteiger partial charge on any atom is 0.253 e. The number of hydrogen-bond acceptors (Lipinski definition) is 4. The summed E-state index contributed by atoms with van der Waals surface area (Å²) in [5.41, 5.74) is 0.804. The van der Waals surface area contributed by atoms with Crippen molar-refractivity contribution in [3.05, 3.63) is 36.7 Å². The molecular weight excluding hydrogens is 311 g/mol. The molecular formula is C18H25FN2O3. The number of benzene rings is 1.